The fourth-order valence-electron chi connectivity index (χ4n) is 3.32. The predicted molar refractivity (Wildman–Crippen MR) is 80.6 cm³/mol. The van der Waals surface area contributed by atoms with Gasteiger partial charge in [0.25, 0.3) is 0 Å². The molecule has 0 saturated carbocycles. The van der Waals surface area contributed by atoms with Crippen LogP contribution in [0.15, 0.2) is 42.5 Å². The first-order chi connectivity index (χ1) is 10.7. The molecular formula is C18H16O4. The van der Waals surface area contributed by atoms with Gasteiger partial charge in [0.15, 0.2) is 22.9 Å². The van der Waals surface area contributed by atoms with Crippen molar-refractivity contribution in [3.63, 3.8) is 0 Å². The van der Waals surface area contributed by atoms with E-state index in [1.807, 2.05) is 42.5 Å². The summed E-state index contributed by atoms with van der Waals surface area (Å²) < 4.78 is 16.4. The van der Waals surface area contributed by atoms with Crippen molar-refractivity contribution in [3.05, 3.63) is 59.2 Å². The Hall–Kier alpha value is -2.33. The Balaban J connectivity index is 1.67. The molecule has 4 rings (SSSR count). The second kappa shape index (κ2) is 4.58. The Morgan fingerprint density at radius 2 is 1.86 bits per heavy atom. The first-order valence-electron chi connectivity index (χ1n) is 7.22. The van der Waals surface area contributed by atoms with E-state index >= 15 is 0 Å². The number of ether oxygens (including phenoxy) is 3. The lowest BCUT2D eigenvalue weighted by molar-refractivity contribution is 0.0894. The van der Waals surface area contributed by atoms with E-state index in [0.717, 1.165) is 16.7 Å². The van der Waals surface area contributed by atoms with Crippen molar-refractivity contribution in [1.82, 2.24) is 0 Å². The number of methoxy groups -OCH3 is 2. The van der Waals surface area contributed by atoms with Gasteiger partial charge in [-0.1, -0.05) is 30.3 Å². The second-order valence-electron chi connectivity index (χ2n) is 5.66. The maximum absolute atomic E-state index is 12.7. The molecule has 4 nitrogen and oxygen atoms in total. The summed E-state index contributed by atoms with van der Waals surface area (Å²) in [5.74, 6) is 1.40. The molecule has 2 aromatic carbocycles. The normalized spacial score (nSPS) is 25.2. The molecule has 0 bridgehead atoms. The molecule has 2 aliphatic rings. The van der Waals surface area contributed by atoms with Crippen LogP contribution in [0.2, 0.25) is 0 Å². The minimum Gasteiger partial charge on any atom is -0.493 e. The average Bonchev–Trinajstić information content (AvgIpc) is 3.21. The van der Waals surface area contributed by atoms with E-state index in [4.69, 9.17) is 14.2 Å². The van der Waals surface area contributed by atoms with Crippen molar-refractivity contribution in [3.8, 4) is 11.5 Å². The summed E-state index contributed by atoms with van der Waals surface area (Å²) in [7, 11) is 3.20. The van der Waals surface area contributed by atoms with Crippen LogP contribution in [-0.2, 0) is 11.2 Å². The molecule has 1 aliphatic heterocycles. The van der Waals surface area contributed by atoms with Crippen molar-refractivity contribution >= 4 is 5.78 Å². The third kappa shape index (κ3) is 1.70. The van der Waals surface area contributed by atoms with E-state index in [2.05, 4.69) is 0 Å². The summed E-state index contributed by atoms with van der Waals surface area (Å²) in [6.45, 7) is 0. The number of hydrogen-bond donors (Lipinski definition) is 0. The SMILES string of the molecule is COc1ccc(C2OC23Cc2ccccc2C3=O)cc1OC. The van der Waals surface area contributed by atoms with Crippen molar-refractivity contribution in [2.75, 3.05) is 14.2 Å². The van der Waals surface area contributed by atoms with Crippen LogP contribution in [0.5, 0.6) is 11.5 Å². The average molecular weight is 296 g/mol. The Morgan fingerprint density at radius 3 is 2.59 bits per heavy atom. The zero-order valence-electron chi connectivity index (χ0n) is 12.5. The number of hydrogen-bond acceptors (Lipinski definition) is 4. The van der Waals surface area contributed by atoms with Crippen molar-refractivity contribution in [1.29, 1.82) is 0 Å². The maximum atomic E-state index is 12.7. The molecule has 2 atom stereocenters. The highest BCUT2D eigenvalue weighted by atomic mass is 16.6. The van der Waals surface area contributed by atoms with Crippen LogP contribution in [0.3, 0.4) is 0 Å². The van der Waals surface area contributed by atoms with Crippen LogP contribution < -0.4 is 9.47 Å². The van der Waals surface area contributed by atoms with E-state index in [-0.39, 0.29) is 11.9 Å². The van der Waals surface area contributed by atoms with Crippen molar-refractivity contribution in [2.24, 2.45) is 0 Å². The Labute approximate surface area is 128 Å². The number of fused-ring (bicyclic) bond motifs is 1. The van der Waals surface area contributed by atoms with Gasteiger partial charge in [-0.25, -0.2) is 0 Å². The molecule has 1 heterocycles. The number of carbonyl (C=O) groups is 1. The summed E-state index contributed by atoms with van der Waals surface area (Å²) >= 11 is 0. The largest absolute Gasteiger partial charge is 0.493 e. The standard InChI is InChI=1S/C18H16O4/c1-20-14-8-7-11(9-15(14)21-2)17-18(22-17)10-12-5-3-4-6-13(12)16(18)19/h3-9,17H,10H2,1-2H3. The Bertz CT molecular complexity index is 767. The number of Topliss-reactive ketones (excluding diaryl/α,β-unsaturated/α-hetero) is 1. The topological polar surface area (TPSA) is 48.1 Å². The summed E-state index contributed by atoms with van der Waals surface area (Å²) in [4.78, 5) is 12.7. The number of carbonyl (C=O) groups excluding carboxylic acids is 1. The van der Waals surface area contributed by atoms with Gasteiger partial charge in [0.2, 0.25) is 0 Å². The lowest BCUT2D eigenvalue weighted by Crippen LogP contribution is -2.20. The highest BCUT2D eigenvalue weighted by Crippen LogP contribution is 2.57. The minimum absolute atomic E-state index is 0.0860. The zero-order chi connectivity index (χ0) is 15.3. The van der Waals surface area contributed by atoms with Gasteiger partial charge in [-0.2, -0.15) is 0 Å². The molecule has 0 N–H and O–H groups in total. The second-order valence-corrected chi connectivity index (χ2v) is 5.66. The lowest BCUT2D eigenvalue weighted by Gasteiger charge is -2.09. The molecule has 22 heavy (non-hydrogen) atoms. The summed E-state index contributed by atoms with van der Waals surface area (Å²) in [5, 5.41) is 0. The van der Waals surface area contributed by atoms with Crippen LogP contribution in [0, 0.1) is 0 Å². The Morgan fingerprint density at radius 1 is 1.09 bits per heavy atom. The predicted octanol–water partition coefficient (Wildman–Crippen LogP) is 2.95. The number of epoxide rings is 1. The van der Waals surface area contributed by atoms with E-state index in [1.165, 1.54) is 0 Å². The van der Waals surface area contributed by atoms with Crippen LogP contribution >= 0.6 is 0 Å². The molecule has 0 amide bonds. The fraction of sp³-hybridized carbons (Fsp3) is 0.278. The van der Waals surface area contributed by atoms with Gasteiger partial charge in [0, 0.05) is 12.0 Å². The number of ketones is 1. The van der Waals surface area contributed by atoms with E-state index in [9.17, 15) is 4.79 Å². The van der Waals surface area contributed by atoms with Gasteiger partial charge in [0.05, 0.1) is 14.2 Å². The molecule has 112 valence electrons. The van der Waals surface area contributed by atoms with Crippen LogP contribution in [0.1, 0.15) is 27.6 Å². The van der Waals surface area contributed by atoms with Crippen molar-refractivity contribution < 1.29 is 19.0 Å². The Kier molecular flexibility index (Phi) is 2.78. The molecule has 1 spiro atoms. The molecular weight excluding hydrogens is 280 g/mol. The minimum atomic E-state index is -0.719. The molecule has 4 heteroatoms. The quantitative estimate of drug-likeness (QED) is 0.817. The van der Waals surface area contributed by atoms with E-state index < -0.39 is 5.60 Å². The first-order valence-corrected chi connectivity index (χ1v) is 7.22. The van der Waals surface area contributed by atoms with Gasteiger partial charge >= 0.3 is 0 Å². The monoisotopic (exact) mass is 296 g/mol. The van der Waals surface area contributed by atoms with Gasteiger partial charge in [-0.3, -0.25) is 4.79 Å². The smallest absolute Gasteiger partial charge is 0.198 e. The van der Waals surface area contributed by atoms with E-state index in [0.29, 0.717) is 17.9 Å². The van der Waals surface area contributed by atoms with Crippen molar-refractivity contribution in [2.45, 2.75) is 18.1 Å². The van der Waals surface area contributed by atoms with Crippen LogP contribution in [0.25, 0.3) is 0 Å². The highest BCUT2D eigenvalue weighted by molar-refractivity contribution is 6.09. The number of rotatable bonds is 3. The van der Waals surface area contributed by atoms with Crippen LogP contribution in [0.4, 0.5) is 0 Å². The fourth-order valence-corrected chi connectivity index (χ4v) is 3.32. The molecule has 1 fully saturated rings. The summed E-state index contributed by atoms with van der Waals surface area (Å²) in [5.41, 5.74) is 2.07. The molecule has 1 aliphatic carbocycles. The highest BCUT2D eigenvalue weighted by Gasteiger charge is 2.66. The third-order valence-corrected chi connectivity index (χ3v) is 4.50. The molecule has 0 radical (unpaired) electrons. The zero-order valence-corrected chi connectivity index (χ0v) is 12.5. The van der Waals surface area contributed by atoms with Gasteiger partial charge in [0.1, 0.15) is 6.10 Å². The maximum Gasteiger partial charge on any atom is 0.198 e. The van der Waals surface area contributed by atoms with Gasteiger partial charge in [-0.15, -0.1) is 0 Å². The third-order valence-electron chi connectivity index (χ3n) is 4.50. The summed E-state index contributed by atoms with van der Waals surface area (Å²) in [6.07, 6.45) is 0.424. The molecule has 2 aromatic rings. The number of benzene rings is 2. The summed E-state index contributed by atoms with van der Waals surface area (Å²) in [6, 6.07) is 13.4. The molecule has 0 aromatic heterocycles. The lowest BCUT2D eigenvalue weighted by atomic mass is 9.95. The van der Waals surface area contributed by atoms with Crippen LogP contribution in [-0.4, -0.2) is 25.6 Å². The molecule has 2 unspecified atom stereocenters. The van der Waals surface area contributed by atoms with E-state index in [1.54, 1.807) is 14.2 Å². The first kappa shape index (κ1) is 13.3. The van der Waals surface area contributed by atoms with Gasteiger partial charge in [-0.05, 0) is 23.3 Å². The molecule has 1 saturated heterocycles. The van der Waals surface area contributed by atoms with Gasteiger partial charge < -0.3 is 14.2 Å².